The Morgan fingerprint density at radius 1 is 1.36 bits per heavy atom. The van der Waals surface area contributed by atoms with Crippen molar-refractivity contribution in [1.29, 1.82) is 0 Å². The van der Waals surface area contributed by atoms with Gasteiger partial charge in [0.05, 0.1) is 36.9 Å². The van der Waals surface area contributed by atoms with Crippen LogP contribution in [0.4, 0.5) is 0 Å². The monoisotopic (exact) mass is 371 g/mol. The van der Waals surface area contributed by atoms with E-state index >= 15 is 0 Å². The molecule has 0 radical (unpaired) electrons. The van der Waals surface area contributed by atoms with Crippen LogP contribution in [-0.4, -0.2) is 68.4 Å². The van der Waals surface area contributed by atoms with Crippen molar-refractivity contribution in [3.05, 3.63) is 23.8 Å². The normalized spacial score (nSPS) is 26.2. The van der Waals surface area contributed by atoms with Crippen LogP contribution in [0.25, 0.3) is 0 Å². The minimum atomic E-state index is -3.91. The van der Waals surface area contributed by atoms with Gasteiger partial charge in [0.2, 0.25) is 10.0 Å². The maximum atomic E-state index is 13.2. The highest BCUT2D eigenvalue weighted by atomic mass is 32.2. The van der Waals surface area contributed by atoms with E-state index in [9.17, 15) is 18.3 Å². The number of morpholine rings is 1. The molecule has 1 aromatic rings. The molecule has 0 amide bonds. The summed E-state index contributed by atoms with van der Waals surface area (Å²) in [5, 5.41) is 9.30. The largest absolute Gasteiger partial charge is 0.496 e. The summed E-state index contributed by atoms with van der Waals surface area (Å²) in [6.07, 6.45) is -0.337. The van der Waals surface area contributed by atoms with Crippen molar-refractivity contribution >= 4 is 16.0 Å². The second-order valence-corrected chi connectivity index (χ2v) is 8.63. The number of nitrogens with zero attached hydrogens (tertiary/aromatic N) is 1. The fraction of sp³-hybridized carbons (Fsp3) is 0.562. The number of methoxy groups -OCH3 is 1. The standard InChI is InChI=1S/C16H21NO7S/c1-16(2)9-17(12-7-23-8-14(12)24-16)25(20,21)10-4-5-13(22-3)11(6-10)15(18)19/h4-6,12,14H,7-9H2,1-3H3,(H,18,19)/t12-,14-/m1/s1. The lowest BCUT2D eigenvalue weighted by Gasteiger charge is -2.44. The van der Waals surface area contributed by atoms with Crippen molar-refractivity contribution in [2.75, 3.05) is 26.9 Å². The molecule has 1 N–H and O–H groups in total. The first-order valence-corrected chi connectivity index (χ1v) is 9.28. The third kappa shape index (κ3) is 3.24. The molecule has 0 bridgehead atoms. The summed E-state index contributed by atoms with van der Waals surface area (Å²) in [6, 6.07) is 3.41. The average Bonchev–Trinajstić information content (AvgIpc) is 2.99. The third-order valence-electron chi connectivity index (χ3n) is 4.38. The van der Waals surface area contributed by atoms with Crippen LogP contribution in [0.1, 0.15) is 24.2 Å². The molecule has 0 spiro atoms. The van der Waals surface area contributed by atoms with E-state index in [-0.39, 0.29) is 35.5 Å². The Morgan fingerprint density at radius 3 is 2.72 bits per heavy atom. The van der Waals surface area contributed by atoms with E-state index in [2.05, 4.69) is 0 Å². The van der Waals surface area contributed by atoms with Gasteiger partial charge in [-0.15, -0.1) is 0 Å². The number of carboxylic acids is 1. The number of aromatic carboxylic acids is 1. The summed E-state index contributed by atoms with van der Waals surface area (Å²) < 4.78 is 44.0. The van der Waals surface area contributed by atoms with Gasteiger partial charge in [0.25, 0.3) is 0 Å². The predicted molar refractivity (Wildman–Crippen MR) is 87.4 cm³/mol. The minimum Gasteiger partial charge on any atom is -0.496 e. The number of carbonyl (C=O) groups is 1. The molecule has 2 aliphatic rings. The average molecular weight is 371 g/mol. The molecule has 0 aromatic heterocycles. The van der Waals surface area contributed by atoms with Gasteiger partial charge < -0.3 is 19.3 Å². The van der Waals surface area contributed by atoms with E-state index in [0.717, 1.165) is 6.07 Å². The van der Waals surface area contributed by atoms with Crippen LogP contribution in [-0.2, 0) is 19.5 Å². The van der Waals surface area contributed by atoms with E-state index in [1.165, 1.54) is 23.5 Å². The first-order chi connectivity index (χ1) is 11.7. The van der Waals surface area contributed by atoms with Gasteiger partial charge in [0, 0.05) is 6.54 Å². The number of rotatable bonds is 4. The van der Waals surface area contributed by atoms with Crippen molar-refractivity contribution in [2.45, 2.75) is 36.5 Å². The molecule has 3 rings (SSSR count). The zero-order valence-electron chi connectivity index (χ0n) is 14.3. The van der Waals surface area contributed by atoms with E-state index in [0.29, 0.717) is 6.61 Å². The van der Waals surface area contributed by atoms with Crippen LogP contribution in [0.3, 0.4) is 0 Å². The molecular formula is C16H21NO7S. The van der Waals surface area contributed by atoms with Crippen molar-refractivity contribution in [1.82, 2.24) is 4.31 Å². The molecule has 25 heavy (non-hydrogen) atoms. The molecule has 0 aliphatic carbocycles. The third-order valence-corrected chi connectivity index (χ3v) is 6.25. The molecule has 2 fully saturated rings. The number of sulfonamides is 1. The fourth-order valence-electron chi connectivity index (χ4n) is 3.26. The highest BCUT2D eigenvalue weighted by molar-refractivity contribution is 7.89. The zero-order valence-corrected chi connectivity index (χ0v) is 15.1. The van der Waals surface area contributed by atoms with Crippen LogP contribution in [0.5, 0.6) is 5.75 Å². The minimum absolute atomic E-state index is 0.0888. The van der Waals surface area contributed by atoms with Crippen LogP contribution < -0.4 is 4.74 Å². The predicted octanol–water partition coefficient (Wildman–Crippen LogP) is 0.960. The Balaban J connectivity index is 2.03. The second-order valence-electron chi connectivity index (χ2n) is 6.74. The Hall–Kier alpha value is -1.68. The highest BCUT2D eigenvalue weighted by Crippen LogP contribution is 2.34. The van der Waals surface area contributed by atoms with Gasteiger partial charge in [0.15, 0.2) is 0 Å². The van der Waals surface area contributed by atoms with E-state index in [4.69, 9.17) is 14.2 Å². The molecular weight excluding hydrogens is 350 g/mol. The summed E-state index contributed by atoms with van der Waals surface area (Å²) in [6.45, 7) is 4.39. The van der Waals surface area contributed by atoms with Crippen LogP contribution in [0.15, 0.2) is 23.1 Å². The van der Waals surface area contributed by atoms with Crippen molar-refractivity contribution in [3.8, 4) is 5.75 Å². The quantitative estimate of drug-likeness (QED) is 0.841. The SMILES string of the molecule is COc1ccc(S(=O)(=O)N2CC(C)(C)O[C@@H]3COC[C@H]32)cc1C(=O)O. The van der Waals surface area contributed by atoms with E-state index < -0.39 is 27.6 Å². The summed E-state index contributed by atoms with van der Waals surface area (Å²) in [7, 11) is -2.58. The lowest BCUT2D eigenvalue weighted by Crippen LogP contribution is -2.59. The lowest BCUT2D eigenvalue weighted by atomic mass is 10.0. The number of hydrogen-bond donors (Lipinski definition) is 1. The highest BCUT2D eigenvalue weighted by Gasteiger charge is 2.49. The molecule has 2 aliphatic heterocycles. The number of benzene rings is 1. The van der Waals surface area contributed by atoms with Gasteiger partial charge in [-0.25, -0.2) is 13.2 Å². The van der Waals surface area contributed by atoms with Crippen LogP contribution in [0.2, 0.25) is 0 Å². The van der Waals surface area contributed by atoms with Gasteiger partial charge in [-0.2, -0.15) is 4.31 Å². The molecule has 138 valence electrons. The first kappa shape index (κ1) is 18.1. The first-order valence-electron chi connectivity index (χ1n) is 7.84. The number of hydrogen-bond acceptors (Lipinski definition) is 6. The molecule has 1 aromatic carbocycles. The van der Waals surface area contributed by atoms with Crippen LogP contribution in [0, 0.1) is 0 Å². The number of ether oxygens (including phenoxy) is 3. The van der Waals surface area contributed by atoms with Crippen molar-refractivity contribution < 1.29 is 32.5 Å². The summed E-state index contributed by atoms with van der Waals surface area (Å²) in [5.74, 6) is -1.14. The van der Waals surface area contributed by atoms with E-state index in [1.807, 2.05) is 13.8 Å². The molecule has 2 atom stereocenters. The Labute approximate surface area is 146 Å². The summed E-state index contributed by atoms with van der Waals surface area (Å²) in [4.78, 5) is 11.3. The molecule has 2 saturated heterocycles. The van der Waals surface area contributed by atoms with Gasteiger partial charge >= 0.3 is 5.97 Å². The maximum absolute atomic E-state index is 13.2. The van der Waals surface area contributed by atoms with E-state index in [1.54, 1.807) is 0 Å². The summed E-state index contributed by atoms with van der Waals surface area (Å²) in [5.41, 5.74) is -0.861. The van der Waals surface area contributed by atoms with Gasteiger partial charge in [-0.05, 0) is 32.0 Å². The zero-order chi connectivity index (χ0) is 18.4. The van der Waals surface area contributed by atoms with Gasteiger partial charge in [-0.1, -0.05) is 0 Å². The molecule has 0 unspecified atom stereocenters. The summed E-state index contributed by atoms with van der Waals surface area (Å²) >= 11 is 0. The Bertz CT molecular complexity index is 790. The second kappa shape index (κ2) is 6.24. The van der Waals surface area contributed by atoms with Crippen LogP contribution >= 0.6 is 0 Å². The Morgan fingerprint density at radius 2 is 2.08 bits per heavy atom. The number of carboxylic acid groups (broad SMARTS) is 1. The smallest absolute Gasteiger partial charge is 0.339 e. The van der Waals surface area contributed by atoms with Crippen molar-refractivity contribution in [2.24, 2.45) is 0 Å². The molecule has 8 nitrogen and oxygen atoms in total. The lowest BCUT2D eigenvalue weighted by molar-refractivity contribution is -0.128. The van der Waals surface area contributed by atoms with Gasteiger partial charge in [0.1, 0.15) is 17.4 Å². The molecule has 0 saturated carbocycles. The number of fused-ring (bicyclic) bond motifs is 1. The maximum Gasteiger partial charge on any atom is 0.339 e. The topological polar surface area (TPSA) is 102 Å². The van der Waals surface area contributed by atoms with Crippen molar-refractivity contribution in [3.63, 3.8) is 0 Å². The Kier molecular flexibility index (Phi) is 4.52. The molecule has 2 heterocycles. The van der Waals surface area contributed by atoms with Gasteiger partial charge in [-0.3, -0.25) is 0 Å². The fourth-order valence-corrected chi connectivity index (χ4v) is 5.07. The molecule has 9 heteroatoms.